The Balaban J connectivity index is 1.90. The minimum Gasteiger partial charge on any atom is -0.380 e. The second kappa shape index (κ2) is 6.66. The molecule has 0 N–H and O–H groups in total. The lowest BCUT2D eigenvalue weighted by atomic mass is 10.1. The lowest BCUT2D eigenvalue weighted by Crippen LogP contribution is -2.41. The van der Waals surface area contributed by atoms with E-state index in [0.717, 1.165) is 11.1 Å². The van der Waals surface area contributed by atoms with Crippen molar-refractivity contribution < 1.29 is 13.2 Å². The summed E-state index contributed by atoms with van der Waals surface area (Å²) in [7, 11) is -0.0391. The van der Waals surface area contributed by atoms with E-state index < -0.39 is 10.0 Å². The molecule has 7 heteroatoms. The van der Waals surface area contributed by atoms with Gasteiger partial charge in [0.25, 0.3) is 0 Å². The predicted octanol–water partition coefficient (Wildman–Crippen LogP) is 1.75. The smallest absolute Gasteiger partial charge is 0.243 e. The van der Waals surface area contributed by atoms with Crippen LogP contribution in [0, 0.1) is 6.92 Å². The predicted molar refractivity (Wildman–Crippen MR) is 91.2 cm³/mol. The van der Waals surface area contributed by atoms with Crippen LogP contribution in [0.1, 0.15) is 17.5 Å². The molecule has 3 rings (SSSR count). The third-order valence-electron chi connectivity index (χ3n) is 4.57. The Hall–Kier alpha value is -1.70. The van der Waals surface area contributed by atoms with E-state index in [2.05, 4.69) is 5.10 Å². The van der Waals surface area contributed by atoms with Crippen LogP contribution in [0.25, 0.3) is 0 Å². The molecule has 0 aliphatic carbocycles. The second-order valence-corrected chi connectivity index (χ2v) is 8.18. The number of ether oxygens (including phenoxy) is 1. The summed E-state index contributed by atoms with van der Waals surface area (Å²) >= 11 is 0. The van der Waals surface area contributed by atoms with Gasteiger partial charge >= 0.3 is 0 Å². The van der Waals surface area contributed by atoms with Gasteiger partial charge in [-0.25, -0.2) is 8.42 Å². The van der Waals surface area contributed by atoms with Crippen molar-refractivity contribution in [3.8, 4) is 0 Å². The van der Waals surface area contributed by atoms with Gasteiger partial charge in [-0.1, -0.05) is 17.7 Å². The van der Waals surface area contributed by atoms with E-state index in [1.807, 2.05) is 32.3 Å². The fourth-order valence-corrected chi connectivity index (χ4v) is 4.93. The number of benzene rings is 1. The number of sulfonamides is 1. The summed E-state index contributed by atoms with van der Waals surface area (Å²) in [5, 5.41) is 4.17. The average molecular weight is 349 g/mol. The van der Waals surface area contributed by atoms with Gasteiger partial charge in [0.1, 0.15) is 0 Å². The molecule has 2 heterocycles. The molecular weight excluding hydrogens is 326 g/mol. The zero-order chi connectivity index (χ0) is 17.3. The monoisotopic (exact) mass is 349 g/mol. The van der Waals surface area contributed by atoms with Gasteiger partial charge in [-0.3, -0.25) is 4.68 Å². The van der Waals surface area contributed by atoms with Crippen molar-refractivity contribution in [2.24, 2.45) is 7.05 Å². The van der Waals surface area contributed by atoms with E-state index in [4.69, 9.17) is 4.74 Å². The fraction of sp³-hybridized carbons (Fsp3) is 0.471. The van der Waals surface area contributed by atoms with Crippen LogP contribution in [-0.2, 0) is 28.2 Å². The zero-order valence-corrected chi connectivity index (χ0v) is 15.0. The van der Waals surface area contributed by atoms with E-state index in [0.29, 0.717) is 24.3 Å². The maximum atomic E-state index is 13.1. The Labute approximate surface area is 143 Å². The summed E-state index contributed by atoms with van der Waals surface area (Å²) in [6, 6.07) is 6.78. The third kappa shape index (κ3) is 3.24. The third-order valence-corrected chi connectivity index (χ3v) is 6.51. The summed E-state index contributed by atoms with van der Waals surface area (Å²) in [4.78, 5) is 0.334. The summed E-state index contributed by atoms with van der Waals surface area (Å²) in [5.74, 6) is 0. The molecule has 6 nitrogen and oxygen atoms in total. The first-order valence-electron chi connectivity index (χ1n) is 8.00. The number of hydrogen-bond acceptors (Lipinski definition) is 4. The summed E-state index contributed by atoms with van der Waals surface area (Å²) in [5.41, 5.74) is 2.05. The number of hydrogen-bond donors (Lipinski definition) is 0. The van der Waals surface area contributed by atoms with Gasteiger partial charge in [0.2, 0.25) is 10.0 Å². The molecule has 0 spiro atoms. The number of aromatic nitrogens is 2. The summed E-state index contributed by atoms with van der Waals surface area (Å²) in [6.07, 6.45) is 4.89. The minimum absolute atomic E-state index is 0.106. The number of nitrogens with zero attached hydrogens (tertiary/aromatic N) is 3. The first-order chi connectivity index (χ1) is 11.4. The van der Waals surface area contributed by atoms with Crippen LogP contribution in [0.2, 0.25) is 0 Å². The van der Waals surface area contributed by atoms with Gasteiger partial charge in [-0.05, 0) is 37.5 Å². The van der Waals surface area contributed by atoms with Gasteiger partial charge in [-0.15, -0.1) is 0 Å². The Kier molecular flexibility index (Phi) is 4.76. The number of aryl methyl sites for hydroxylation is 2. The summed E-state index contributed by atoms with van der Waals surface area (Å²) < 4.78 is 35.0. The molecule has 0 radical (unpaired) electrons. The number of methoxy groups -OCH3 is 1. The second-order valence-electron chi connectivity index (χ2n) is 6.29. The van der Waals surface area contributed by atoms with Crippen molar-refractivity contribution in [1.82, 2.24) is 14.1 Å². The van der Waals surface area contributed by atoms with Crippen molar-refractivity contribution >= 4 is 10.0 Å². The van der Waals surface area contributed by atoms with Crippen molar-refractivity contribution in [3.05, 3.63) is 47.8 Å². The molecule has 0 saturated carbocycles. The van der Waals surface area contributed by atoms with Crippen molar-refractivity contribution in [1.29, 1.82) is 0 Å². The molecule has 1 aromatic carbocycles. The lowest BCUT2D eigenvalue weighted by Gasteiger charge is -2.26. The van der Waals surface area contributed by atoms with E-state index in [9.17, 15) is 8.42 Å². The van der Waals surface area contributed by atoms with Gasteiger partial charge in [-0.2, -0.15) is 9.40 Å². The Morgan fingerprint density at radius 2 is 2.00 bits per heavy atom. The minimum atomic E-state index is -3.53. The summed E-state index contributed by atoms with van der Waals surface area (Å²) in [6.45, 7) is 2.41. The van der Waals surface area contributed by atoms with Crippen LogP contribution in [0.15, 0.2) is 41.6 Å². The van der Waals surface area contributed by atoms with Gasteiger partial charge in [0, 0.05) is 26.9 Å². The first kappa shape index (κ1) is 17.1. The molecule has 2 atom stereocenters. The maximum absolute atomic E-state index is 13.1. The van der Waals surface area contributed by atoms with Crippen molar-refractivity contribution in [3.63, 3.8) is 0 Å². The molecule has 1 aromatic heterocycles. The normalized spacial score (nSPS) is 22.1. The maximum Gasteiger partial charge on any atom is 0.243 e. The van der Waals surface area contributed by atoms with Gasteiger partial charge < -0.3 is 4.74 Å². The van der Waals surface area contributed by atoms with E-state index in [1.165, 1.54) is 0 Å². The highest BCUT2D eigenvalue weighted by Gasteiger charge is 2.41. The van der Waals surface area contributed by atoms with Crippen molar-refractivity contribution in [2.45, 2.75) is 36.8 Å². The van der Waals surface area contributed by atoms with Crippen LogP contribution in [0.5, 0.6) is 0 Å². The highest BCUT2D eigenvalue weighted by atomic mass is 32.2. The van der Waals surface area contributed by atoms with Crippen LogP contribution < -0.4 is 0 Å². The van der Waals surface area contributed by atoms with Crippen molar-refractivity contribution in [2.75, 3.05) is 13.7 Å². The van der Waals surface area contributed by atoms with E-state index in [1.54, 1.807) is 34.4 Å². The van der Waals surface area contributed by atoms with Crippen LogP contribution in [0.4, 0.5) is 0 Å². The largest absolute Gasteiger partial charge is 0.380 e. The van der Waals surface area contributed by atoms with Crippen LogP contribution >= 0.6 is 0 Å². The molecule has 1 saturated heterocycles. The zero-order valence-electron chi connectivity index (χ0n) is 14.2. The highest BCUT2D eigenvalue weighted by molar-refractivity contribution is 7.89. The molecule has 1 aliphatic heterocycles. The topological polar surface area (TPSA) is 64.4 Å². The molecule has 0 bridgehead atoms. The van der Waals surface area contributed by atoms with Crippen LogP contribution in [-0.4, -0.2) is 48.3 Å². The molecule has 1 fully saturated rings. The molecule has 0 unspecified atom stereocenters. The standard InChI is InChI=1S/C17H23N3O3S/c1-13-4-6-15(7-5-13)24(21,22)20-9-8-17(23-3)16(20)10-14-11-18-19(2)12-14/h4-7,11-12,16-17H,8-10H2,1-3H3/t16-,17+/m0/s1. The van der Waals surface area contributed by atoms with Gasteiger partial charge in [0.05, 0.1) is 23.2 Å². The quantitative estimate of drug-likeness (QED) is 0.825. The first-order valence-corrected chi connectivity index (χ1v) is 9.44. The Morgan fingerprint density at radius 3 is 2.58 bits per heavy atom. The van der Waals surface area contributed by atoms with E-state index >= 15 is 0 Å². The Morgan fingerprint density at radius 1 is 1.29 bits per heavy atom. The molecular formula is C17H23N3O3S. The van der Waals surface area contributed by atoms with Crippen LogP contribution in [0.3, 0.4) is 0 Å². The van der Waals surface area contributed by atoms with E-state index in [-0.39, 0.29) is 12.1 Å². The molecule has 2 aromatic rings. The molecule has 24 heavy (non-hydrogen) atoms. The lowest BCUT2D eigenvalue weighted by molar-refractivity contribution is 0.0810. The van der Waals surface area contributed by atoms with Gasteiger partial charge in [0.15, 0.2) is 0 Å². The number of rotatable bonds is 5. The molecule has 0 amide bonds. The Bertz CT molecular complexity index is 799. The molecule has 1 aliphatic rings. The highest BCUT2D eigenvalue weighted by Crippen LogP contribution is 2.30. The SMILES string of the molecule is CO[C@@H]1CCN(S(=O)(=O)c2ccc(C)cc2)[C@H]1Cc1cnn(C)c1. The average Bonchev–Trinajstić information content (AvgIpc) is 3.14. The molecule has 130 valence electrons. The fourth-order valence-electron chi connectivity index (χ4n) is 3.27.